The van der Waals surface area contributed by atoms with Crippen molar-refractivity contribution in [2.75, 3.05) is 6.61 Å². The van der Waals surface area contributed by atoms with Gasteiger partial charge in [-0.05, 0) is 25.0 Å². The Morgan fingerprint density at radius 2 is 2.33 bits per heavy atom. The zero-order valence-corrected chi connectivity index (χ0v) is 8.60. The molecule has 0 spiro atoms. The molecular weight excluding hydrogens is 192 g/mol. The first-order chi connectivity index (χ1) is 7.22. The number of nitrogens with zero attached hydrogens (tertiary/aromatic N) is 1. The molecule has 2 rings (SSSR count). The molecule has 15 heavy (non-hydrogen) atoms. The van der Waals surface area contributed by atoms with E-state index in [1.54, 1.807) is 0 Å². The number of benzene rings is 1. The lowest BCUT2D eigenvalue weighted by atomic mass is 10.2. The highest BCUT2D eigenvalue weighted by Crippen LogP contribution is 2.22. The second kappa shape index (κ2) is 4.00. The van der Waals surface area contributed by atoms with Gasteiger partial charge in [-0.3, -0.25) is 0 Å². The summed E-state index contributed by atoms with van der Waals surface area (Å²) >= 11 is 0. The van der Waals surface area contributed by atoms with Crippen LogP contribution in [-0.4, -0.2) is 16.7 Å². The number of nitrogens with two attached hydrogens (primary N) is 1. The maximum absolute atomic E-state index is 8.78. The third kappa shape index (κ3) is 1.86. The molecule has 0 saturated carbocycles. The predicted octanol–water partition coefficient (Wildman–Crippen LogP) is 1.52. The highest BCUT2D eigenvalue weighted by molar-refractivity contribution is 5.76. The number of para-hydroxylation sites is 1. The summed E-state index contributed by atoms with van der Waals surface area (Å²) < 4.78 is 5.52. The summed E-state index contributed by atoms with van der Waals surface area (Å²) in [6.45, 7) is 2.02. The summed E-state index contributed by atoms with van der Waals surface area (Å²) in [4.78, 5) is 4.33. The van der Waals surface area contributed by atoms with Crippen LogP contribution in [0.4, 0.5) is 0 Å². The Bertz CT molecular complexity index is 465. The van der Waals surface area contributed by atoms with E-state index >= 15 is 0 Å². The Balaban J connectivity index is 2.43. The number of aliphatic hydroxyl groups excluding tert-OH is 1. The molecular formula is C11H14N2O2. The fraction of sp³-hybridized carbons (Fsp3) is 0.364. The van der Waals surface area contributed by atoms with E-state index in [4.69, 9.17) is 15.3 Å². The van der Waals surface area contributed by atoms with E-state index in [-0.39, 0.29) is 12.6 Å². The van der Waals surface area contributed by atoms with Crippen molar-refractivity contribution in [2.24, 2.45) is 5.73 Å². The molecule has 0 amide bonds. The lowest BCUT2D eigenvalue weighted by Gasteiger charge is -2.02. The lowest BCUT2D eigenvalue weighted by molar-refractivity contribution is 0.268. The third-order valence-corrected chi connectivity index (χ3v) is 2.39. The van der Waals surface area contributed by atoms with Crippen molar-refractivity contribution in [3.8, 4) is 0 Å². The van der Waals surface area contributed by atoms with Crippen LogP contribution < -0.4 is 5.73 Å². The molecule has 1 atom stereocenters. The van der Waals surface area contributed by atoms with Crippen LogP contribution in [0.5, 0.6) is 0 Å². The molecule has 0 aliphatic rings. The molecule has 4 heteroatoms. The van der Waals surface area contributed by atoms with Gasteiger partial charge in [0.15, 0.2) is 5.58 Å². The Kier molecular flexibility index (Phi) is 2.70. The summed E-state index contributed by atoms with van der Waals surface area (Å²) in [6, 6.07) is 5.43. The van der Waals surface area contributed by atoms with Gasteiger partial charge in [0.05, 0.1) is 6.04 Å². The van der Waals surface area contributed by atoms with Gasteiger partial charge in [0.2, 0.25) is 5.89 Å². The van der Waals surface area contributed by atoms with Crippen LogP contribution in [0.25, 0.3) is 11.1 Å². The molecule has 0 aliphatic heterocycles. The smallest absolute Gasteiger partial charge is 0.212 e. The van der Waals surface area contributed by atoms with Crippen molar-refractivity contribution < 1.29 is 9.52 Å². The molecule has 1 unspecified atom stereocenters. The Labute approximate surface area is 87.7 Å². The van der Waals surface area contributed by atoms with Crippen molar-refractivity contribution in [1.29, 1.82) is 0 Å². The minimum atomic E-state index is -0.332. The molecule has 1 aromatic carbocycles. The lowest BCUT2D eigenvalue weighted by Crippen LogP contribution is -2.12. The van der Waals surface area contributed by atoms with Gasteiger partial charge in [-0.15, -0.1) is 0 Å². The largest absolute Gasteiger partial charge is 0.439 e. The molecule has 0 saturated heterocycles. The molecule has 4 nitrogen and oxygen atoms in total. The van der Waals surface area contributed by atoms with Crippen LogP contribution in [0.1, 0.15) is 23.9 Å². The van der Waals surface area contributed by atoms with Gasteiger partial charge in [-0.2, -0.15) is 0 Å². The summed E-state index contributed by atoms with van der Waals surface area (Å²) in [7, 11) is 0. The number of oxazole rings is 1. The average Bonchev–Trinajstić information content (AvgIpc) is 2.63. The molecule has 2 aromatic rings. The van der Waals surface area contributed by atoms with Crippen molar-refractivity contribution in [3.63, 3.8) is 0 Å². The fourth-order valence-corrected chi connectivity index (χ4v) is 1.52. The predicted molar refractivity (Wildman–Crippen MR) is 57.4 cm³/mol. The molecule has 0 radical (unpaired) electrons. The Hall–Kier alpha value is -1.39. The van der Waals surface area contributed by atoms with Gasteiger partial charge in [-0.1, -0.05) is 12.1 Å². The monoisotopic (exact) mass is 206 g/mol. The summed E-state index contributed by atoms with van der Waals surface area (Å²) in [5, 5.41) is 8.78. The normalized spacial score (nSPS) is 13.3. The number of aliphatic hydroxyl groups is 1. The van der Waals surface area contributed by atoms with Crippen LogP contribution in [0.15, 0.2) is 22.6 Å². The van der Waals surface area contributed by atoms with Gasteiger partial charge in [0.25, 0.3) is 0 Å². The number of fused-ring (bicyclic) bond motifs is 1. The molecule has 0 aliphatic carbocycles. The Morgan fingerprint density at radius 1 is 1.53 bits per heavy atom. The zero-order chi connectivity index (χ0) is 10.8. The van der Waals surface area contributed by atoms with E-state index in [1.807, 2.05) is 25.1 Å². The maximum Gasteiger partial charge on any atom is 0.212 e. The molecule has 80 valence electrons. The molecule has 1 aromatic heterocycles. The molecule has 0 bridgehead atoms. The van der Waals surface area contributed by atoms with E-state index < -0.39 is 0 Å². The van der Waals surface area contributed by atoms with Crippen molar-refractivity contribution >= 4 is 11.1 Å². The van der Waals surface area contributed by atoms with Crippen molar-refractivity contribution in [2.45, 2.75) is 19.4 Å². The number of rotatable bonds is 3. The average molecular weight is 206 g/mol. The highest BCUT2D eigenvalue weighted by Gasteiger charge is 2.13. The topological polar surface area (TPSA) is 72.3 Å². The number of hydrogen-bond donors (Lipinski definition) is 2. The van der Waals surface area contributed by atoms with Crippen molar-refractivity contribution in [3.05, 3.63) is 29.7 Å². The van der Waals surface area contributed by atoms with E-state index in [0.717, 1.165) is 16.7 Å². The summed E-state index contributed by atoms with van der Waals surface area (Å²) in [5.41, 5.74) is 8.47. The standard InChI is InChI=1S/C11H14N2O2/c1-7-3-2-4-9-10(7)13-11(15-9)8(12)5-6-14/h2-4,8,14H,5-6,12H2,1H3. The number of aromatic nitrogens is 1. The minimum absolute atomic E-state index is 0.0405. The van der Waals surface area contributed by atoms with E-state index in [9.17, 15) is 0 Å². The first-order valence-corrected chi connectivity index (χ1v) is 4.95. The quantitative estimate of drug-likeness (QED) is 0.798. The third-order valence-electron chi connectivity index (χ3n) is 2.39. The van der Waals surface area contributed by atoms with Crippen LogP contribution in [0, 0.1) is 6.92 Å². The SMILES string of the molecule is Cc1cccc2oc(C(N)CCO)nc12. The van der Waals surface area contributed by atoms with Gasteiger partial charge < -0.3 is 15.3 Å². The van der Waals surface area contributed by atoms with Crippen LogP contribution >= 0.6 is 0 Å². The van der Waals surface area contributed by atoms with Crippen LogP contribution in [0.3, 0.4) is 0 Å². The van der Waals surface area contributed by atoms with Gasteiger partial charge in [-0.25, -0.2) is 4.98 Å². The zero-order valence-electron chi connectivity index (χ0n) is 8.60. The first-order valence-electron chi connectivity index (χ1n) is 4.95. The fourth-order valence-electron chi connectivity index (χ4n) is 1.52. The molecule has 1 heterocycles. The van der Waals surface area contributed by atoms with Gasteiger partial charge >= 0.3 is 0 Å². The molecule has 3 N–H and O–H groups in total. The molecule has 0 fully saturated rings. The van der Waals surface area contributed by atoms with Crippen molar-refractivity contribution in [1.82, 2.24) is 4.98 Å². The van der Waals surface area contributed by atoms with Crippen LogP contribution in [-0.2, 0) is 0 Å². The highest BCUT2D eigenvalue weighted by atomic mass is 16.3. The summed E-state index contributed by atoms with van der Waals surface area (Å²) in [6.07, 6.45) is 0.464. The second-order valence-electron chi connectivity index (χ2n) is 3.59. The second-order valence-corrected chi connectivity index (χ2v) is 3.59. The van der Waals surface area contributed by atoms with Gasteiger partial charge in [0.1, 0.15) is 5.52 Å². The van der Waals surface area contributed by atoms with E-state index in [1.165, 1.54) is 0 Å². The van der Waals surface area contributed by atoms with E-state index in [2.05, 4.69) is 4.98 Å². The van der Waals surface area contributed by atoms with Crippen LogP contribution in [0.2, 0.25) is 0 Å². The summed E-state index contributed by atoms with van der Waals surface area (Å²) in [5.74, 6) is 0.494. The Morgan fingerprint density at radius 3 is 3.00 bits per heavy atom. The van der Waals surface area contributed by atoms with Gasteiger partial charge in [0, 0.05) is 6.61 Å². The first kappa shape index (κ1) is 10.1. The number of hydrogen-bond acceptors (Lipinski definition) is 4. The minimum Gasteiger partial charge on any atom is -0.439 e. The number of aryl methyl sites for hydroxylation is 1. The maximum atomic E-state index is 8.78. The van der Waals surface area contributed by atoms with E-state index in [0.29, 0.717) is 12.3 Å².